The fraction of sp³-hybridized carbons (Fsp3) is 0.235. The van der Waals surface area contributed by atoms with Gasteiger partial charge in [0.05, 0.1) is 0 Å². The summed E-state index contributed by atoms with van der Waals surface area (Å²) in [6, 6.07) is 14.1. The van der Waals surface area contributed by atoms with Gasteiger partial charge >= 0.3 is 0 Å². The summed E-state index contributed by atoms with van der Waals surface area (Å²) in [5.74, 6) is -0.0157. The Morgan fingerprint density at radius 2 is 1.58 bits per heavy atom. The molecule has 0 aliphatic rings. The Morgan fingerprint density at radius 1 is 0.947 bits per heavy atom. The van der Waals surface area contributed by atoms with Crippen LogP contribution in [0.1, 0.15) is 32.6 Å². The van der Waals surface area contributed by atoms with E-state index in [4.69, 9.17) is 0 Å². The lowest BCUT2D eigenvalue weighted by Crippen LogP contribution is -2.23. The van der Waals surface area contributed by atoms with Crippen LogP contribution in [0.5, 0.6) is 0 Å². The van der Waals surface area contributed by atoms with Crippen LogP contribution in [0.2, 0.25) is 0 Å². The van der Waals surface area contributed by atoms with E-state index in [-0.39, 0.29) is 5.91 Å². The Morgan fingerprint density at radius 3 is 2.21 bits per heavy atom. The lowest BCUT2D eigenvalue weighted by molar-refractivity contribution is 0.0950. The van der Waals surface area contributed by atoms with Gasteiger partial charge in [-0.25, -0.2) is 0 Å². The lowest BCUT2D eigenvalue weighted by Gasteiger charge is -2.08. The van der Waals surface area contributed by atoms with Gasteiger partial charge in [-0.2, -0.15) is 0 Å². The molecule has 98 valence electrons. The Labute approximate surface area is 114 Å². The zero-order chi connectivity index (χ0) is 13.8. The minimum absolute atomic E-state index is 0.0157. The number of hydrogen-bond acceptors (Lipinski definition) is 1. The molecular formula is C17H19NO. The van der Waals surface area contributed by atoms with Gasteiger partial charge in [0.2, 0.25) is 0 Å². The van der Waals surface area contributed by atoms with E-state index in [0.29, 0.717) is 6.54 Å². The van der Waals surface area contributed by atoms with Crippen LogP contribution in [0.3, 0.4) is 0 Å². The van der Waals surface area contributed by atoms with E-state index >= 15 is 0 Å². The molecule has 1 N–H and O–H groups in total. The number of carbonyl (C=O) groups is 1. The first-order valence-corrected chi connectivity index (χ1v) is 6.47. The minimum atomic E-state index is -0.0157. The van der Waals surface area contributed by atoms with Crippen molar-refractivity contribution in [2.45, 2.75) is 27.3 Å². The summed E-state index contributed by atoms with van der Waals surface area (Å²) in [7, 11) is 0. The highest BCUT2D eigenvalue weighted by Crippen LogP contribution is 2.11. The van der Waals surface area contributed by atoms with Crippen LogP contribution in [0.15, 0.2) is 42.5 Å². The first-order chi connectivity index (χ1) is 9.06. The summed E-state index contributed by atoms with van der Waals surface area (Å²) in [5, 5.41) is 2.96. The van der Waals surface area contributed by atoms with Crippen molar-refractivity contribution in [3.8, 4) is 0 Å². The van der Waals surface area contributed by atoms with Crippen molar-refractivity contribution in [3.63, 3.8) is 0 Å². The van der Waals surface area contributed by atoms with E-state index in [9.17, 15) is 4.79 Å². The van der Waals surface area contributed by atoms with E-state index in [1.807, 2.05) is 44.2 Å². The maximum absolute atomic E-state index is 12.1. The zero-order valence-electron chi connectivity index (χ0n) is 11.7. The van der Waals surface area contributed by atoms with E-state index in [2.05, 4.69) is 24.4 Å². The number of aryl methyl sites for hydroxylation is 3. The molecule has 0 spiro atoms. The average Bonchev–Trinajstić information content (AvgIpc) is 2.37. The van der Waals surface area contributed by atoms with E-state index < -0.39 is 0 Å². The molecule has 0 aliphatic heterocycles. The maximum atomic E-state index is 12.1. The van der Waals surface area contributed by atoms with Gasteiger partial charge in [0, 0.05) is 12.1 Å². The Bertz CT molecular complexity index is 585. The van der Waals surface area contributed by atoms with Crippen molar-refractivity contribution in [3.05, 3.63) is 70.3 Å². The monoisotopic (exact) mass is 253 g/mol. The van der Waals surface area contributed by atoms with Crippen LogP contribution < -0.4 is 5.32 Å². The Hall–Kier alpha value is -2.09. The molecule has 0 atom stereocenters. The second-order valence-electron chi connectivity index (χ2n) is 4.99. The van der Waals surface area contributed by atoms with Crippen molar-refractivity contribution in [2.75, 3.05) is 0 Å². The number of benzene rings is 2. The highest BCUT2D eigenvalue weighted by atomic mass is 16.1. The largest absolute Gasteiger partial charge is 0.348 e. The number of hydrogen-bond donors (Lipinski definition) is 1. The number of carbonyl (C=O) groups excluding carboxylic acids is 1. The summed E-state index contributed by atoms with van der Waals surface area (Å²) in [4.78, 5) is 12.1. The molecule has 0 radical (unpaired) electrons. The van der Waals surface area contributed by atoms with E-state index in [1.165, 1.54) is 11.1 Å². The fourth-order valence-electron chi connectivity index (χ4n) is 2.05. The minimum Gasteiger partial charge on any atom is -0.348 e. The van der Waals surface area contributed by atoms with Gasteiger partial charge in [-0.1, -0.05) is 47.5 Å². The average molecular weight is 253 g/mol. The van der Waals surface area contributed by atoms with Crippen molar-refractivity contribution in [2.24, 2.45) is 0 Å². The van der Waals surface area contributed by atoms with Crippen molar-refractivity contribution in [1.29, 1.82) is 0 Å². The van der Waals surface area contributed by atoms with Gasteiger partial charge in [0.15, 0.2) is 0 Å². The Kier molecular flexibility index (Phi) is 4.00. The molecule has 0 saturated carbocycles. The van der Waals surface area contributed by atoms with Gasteiger partial charge in [-0.3, -0.25) is 4.79 Å². The summed E-state index contributed by atoms with van der Waals surface area (Å²) in [5.41, 5.74) is 5.28. The van der Waals surface area contributed by atoms with Crippen LogP contribution in [0.4, 0.5) is 0 Å². The van der Waals surface area contributed by atoms with Gasteiger partial charge in [-0.15, -0.1) is 0 Å². The van der Waals surface area contributed by atoms with E-state index in [0.717, 1.165) is 16.7 Å². The fourth-order valence-corrected chi connectivity index (χ4v) is 2.05. The molecule has 2 nitrogen and oxygen atoms in total. The molecule has 0 heterocycles. The quantitative estimate of drug-likeness (QED) is 0.890. The van der Waals surface area contributed by atoms with Crippen molar-refractivity contribution >= 4 is 5.91 Å². The Balaban J connectivity index is 2.03. The molecule has 0 aliphatic carbocycles. The van der Waals surface area contributed by atoms with Gasteiger partial charge < -0.3 is 5.32 Å². The van der Waals surface area contributed by atoms with Crippen molar-refractivity contribution in [1.82, 2.24) is 5.32 Å². The molecule has 2 rings (SSSR count). The smallest absolute Gasteiger partial charge is 0.251 e. The zero-order valence-corrected chi connectivity index (χ0v) is 11.7. The summed E-state index contributed by atoms with van der Waals surface area (Å²) in [6.45, 7) is 6.61. The molecular weight excluding hydrogens is 234 g/mol. The predicted octanol–water partition coefficient (Wildman–Crippen LogP) is 3.54. The molecule has 0 aromatic heterocycles. The molecule has 0 unspecified atom stereocenters. The van der Waals surface area contributed by atoms with Gasteiger partial charge in [0.25, 0.3) is 5.91 Å². The summed E-state index contributed by atoms with van der Waals surface area (Å²) < 4.78 is 0. The van der Waals surface area contributed by atoms with Crippen molar-refractivity contribution < 1.29 is 4.79 Å². The number of amides is 1. The van der Waals surface area contributed by atoms with Crippen LogP contribution in [0.25, 0.3) is 0 Å². The SMILES string of the molecule is Cc1ccc(CNC(=O)c2ccc(C)cc2C)cc1. The van der Waals surface area contributed by atoms with Crippen LogP contribution in [-0.4, -0.2) is 5.91 Å². The van der Waals surface area contributed by atoms with Gasteiger partial charge in [-0.05, 0) is 38.0 Å². The third-order valence-corrected chi connectivity index (χ3v) is 3.20. The summed E-state index contributed by atoms with van der Waals surface area (Å²) in [6.07, 6.45) is 0. The standard InChI is InChI=1S/C17H19NO/c1-12-4-7-15(8-5-12)11-18-17(19)16-9-6-13(2)10-14(16)3/h4-10H,11H2,1-3H3,(H,18,19). The molecule has 0 saturated heterocycles. The molecule has 19 heavy (non-hydrogen) atoms. The second kappa shape index (κ2) is 5.70. The molecule has 2 aromatic rings. The van der Waals surface area contributed by atoms with Crippen LogP contribution in [-0.2, 0) is 6.54 Å². The molecule has 2 aromatic carbocycles. The molecule has 1 amide bonds. The predicted molar refractivity (Wildman–Crippen MR) is 78.3 cm³/mol. The number of rotatable bonds is 3. The molecule has 2 heteroatoms. The van der Waals surface area contributed by atoms with Crippen LogP contribution in [0, 0.1) is 20.8 Å². The second-order valence-corrected chi connectivity index (χ2v) is 4.99. The first-order valence-electron chi connectivity index (χ1n) is 6.47. The van der Waals surface area contributed by atoms with Gasteiger partial charge in [0.1, 0.15) is 0 Å². The lowest BCUT2D eigenvalue weighted by atomic mass is 10.1. The highest BCUT2D eigenvalue weighted by molar-refractivity contribution is 5.95. The third-order valence-electron chi connectivity index (χ3n) is 3.20. The highest BCUT2D eigenvalue weighted by Gasteiger charge is 2.08. The topological polar surface area (TPSA) is 29.1 Å². The molecule has 0 fully saturated rings. The molecule has 0 bridgehead atoms. The first kappa shape index (κ1) is 13.3. The van der Waals surface area contributed by atoms with E-state index in [1.54, 1.807) is 0 Å². The maximum Gasteiger partial charge on any atom is 0.251 e. The number of nitrogens with one attached hydrogen (secondary N) is 1. The third kappa shape index (κ3) is 3.44. The normalized spacial score (nSPS) is 10.3. The van der Waals surface area contributed by atoms with Crippen LogP contribution >= 0.6 is 0 Å². The summed E-state index contributed by atoms with van der Waals surface area (Å²) >= 11 is 0.